The lowest BCUT2D eigenvalue weighted by atomic mass is 10.1. The van der Waals surface area contributed by atoms with Crippen molar-refractivity contribution in [3.63, 3.8) is 0 Å². The number of rotatable bonds is 11. The molecule has 2 aromatic rings. The second-order valence-electron chi connectivity index (χ2n) is 7.14. The smallest absolute Gasteiger partial charge is 0.305 e. The van der Waals surface area contributed by atoms with Crippen molar-refractivity contribution in [2.24, 2.45) is 0 Å². The van der Waals surface area contributed by atoms with Gasteiger partial charge in [0.2, 0.25) is 11.8 Å². The number of aryl methyl sites for hydroxylation is 1. The third-order valence-electron chi connectivity index (χ3n) is 4.50. The standard InChI is InChI=1S/C24H29N3O4S/c1-2-21(28)25-19-13-15-20(16-14-19)26-24(32)27-22(29)11-6-12-23(30)31-17-7-10-18-8-4-3-5-9-18/h3-5,8-9,13-16H,2,6-7,10-12,17H2,1H3,(H,25,28)(H2,26,27,29,32). The highest BCUT2D eigenvalue weighted by Gasteiger charge is 2.08. The Morgan fingerprint density at radius 2 is 1.50 bits per heavy atom. The van der Waals surface area contributed by atoms with Crippen molar-refractivity contribution in [2.75, 3.05) is 17.2 Å². The molecule has 0 unspecified atom stereocenters. The Balaban J connectivity index is 1.57. The summed E-state index contributed by atoms with van der Waals surface area (Å²) >= 11 is 5.14. The van der Waals surface area contributed by atoms with E-state index in [2.05, 4.69) is 16.0 Å². The first-order valence-corrected chi connectivity index (χ1v) is 11.1. The largest absolute Gasteiger partial charge is 0.466 e. The van der Waals surface area contributed by atoms with Gasteiger partial charge in [-0.2, -0.15) is 0 Å². The number of nitrogens with one attached hydrogen (secondary N) is 3. The molecule has 0 aromatic heterocycles. The molecule has 32 heavy (non-hydrogen) atoms. The average molecular weight is 456 g/mol. The quantitative estimate of drug-likeness (QED) is 0.267. The van der Waals surface area contributed by atoms with Gasteiger partial charge in [-0.15, -0.1) is 0 Å². The Morgan fingerprint density at radius 1 is 0.844 bits per heavy atom. The van der Waals surface area contributed by atoms with Crippen LogP contribution in [-0.2, 0) is 25.5 Å². The summed E-state index contributed by atoms with van der Waals surface area (Å²) in [7, 11) is 0. The number of carbonyl (C=O) groups is 3. The van der Waals surface area contributed by atoms with Crippen LogP contribution in [0.2, 0.25) is 0 Å². The third kappa shape index (κ3) is 10.2. The summed E-state index contributed by atoms with van der Waals surface area (Å²) in [5, 5.41) is 8.42. The van der Waals surface area contributed by atoms with Crippen LogP contribution in [0.1, 0.15) is 44.6 Å². The van der Waals surface area contributed by atoms with E-state index in [1.165, 1.54) is 5.56 Å². The minimum Gasteiger partial charge on any atom is -0.466 e. The van der Waals surface area contributed by atoms with Crippen molar-refractivity contribution in [1.29, 1.82) is 0 Å². The van der Waals surface area contributed by atoms with Crippen LogP contribution >= 0.6 is 12.2 Å². The lowest BCUT2D eigenvalue weighted by molar-refractivity contribution is -0.143. The molecule has 3 N–H and O–H groups in total. The van der Waals surface area contributed by atoms with Gasteiger partial charge in [0.15, 0.2) is 5.11 Å². The van der Waals surface area contributed by atoms with Gasteiger partial charge in [-0.3, -0.25) is 14.4 Å². The number of ether oxygens (including phenoxy) is 1. The summed E-state index contributed by atoms with van der Waals surface area (Å²) in [6.45, 7) is 2.15. The molecule has 0 aliphatic rings. The van der Waals surface area contributed by atoms with Crippen molar-refractivity contribution in [1.82, 2.24) is 5.32 Å². The molecule has 2 rings (SSSR count). The molecular formula is C24H29N3O4S. The number of esters is 1. The molecule has 0 aliphatic heterocycles. The van der Waals surface area contributed by atoms with Gasteiger partial charge in [0, 0.05) is 30.6 Å². The second kappa shape index (κ2) is 13.9. The summed E-state index contributed by atoms with van der Waals surface area (Å²) in [5.74, 6) is -0.641. The lowest BCUT2D eigenvalue weighted by Crippen LogP contribution is -2.34. The highest BCUT2D eigenvalue weighted by molar-refractivity contribution is 7.80. The maximum absolute atomic E-state index is 12.0. The van der Waals surface area contributed by atoms with E-state index >= 15 is 0 Å². The van der Waals surface area contributed by atoms with Gasteiger partial charge in [-0.1, -0.05) is 37.3 Å². The lowest BCUT2D eigenvalue weighted by Gasteiger charge is -2.10. The number of amides is 2. The SMILES string of the molecule is CCC(=O)Nc1ccc(NC(=S)NC(=O)CCCC(=O)OCCCc2ccccc2)cc1. The van der Waals surface area contributed by atoms with Gasteiger partial charge in [-0.25, -0.2) is 0 Å². The summed E-state index contributed by atoms with van der Waals surface area (Å²) in [4.78, 5) is 35.2. The van der Waals surface area contributed by atoms with Crippen LogP contribution in [0.15, 0.2) is 54.6 Å². The number of carbonyl (C=O) groups excluding carboxylic acids is 3. The Hall–Kier alpha value is -3.26. The second-order valence-corrected chi connectivity index (χ2v) is 7.55. The zero-order valence-electron chi connectivity index (χ0n) is 18.2. The molecule has 0 aliphatic carbocycles. The van der Waals surface area contributed by atoms with Gasteiger partial charge in [-0.05, 0) is 61.3 Å². The molecule has 2 amide bonds. The minimum atomic E-state index is -0.304. The van der Waals surface area contributed by atoms with E-state index in [-0.39, 0.29) is 35.7 Å². The molecule has 0 radical (unpaired) electrons. The molecule has 8 heteroatoms. The maximum atomic E-state index is 12.0. The van der Waals surface area contributed by atoms with E-state index in [1.807, 2.05) is 30.3 Å². The van der Waals surface area contributed by atoms with Crippen LogP contribution in [0.3, 0.4) is 0 Å². The van der Waals surface area contributed by atoms with Gasteiger partial charge in [0.25, 0.3) is 0 Å². The first-order chi connectivity index (χ1) is 15.5. The molecule has 0 fully saturated rings. The normalized spacial score (nSPS) is 10.2. The van der Waals surface area contributed by atoms with Crippen molar-refractivity contribution >= 4 is 46.5 Å². The fraction of sp³-hybridized carbons (Fsp3) is 0.333. The third-order valence-corrected chi connectivity index (χ3v) is 4.71. The van der Waals surface area contributed by atoms with E-state index in [4.69, 9.17) is 17.0 Å². The van der Waals surface area contributed by atoms with Crippen molar-refractivity contribution < 1.29 is 19.1 Å². The van der Waals surface area contributed by atoms with E-state index in [1.54, 1.807) is 31.2 Å². The molecule has 0 saturated heterocycles. The van der Waals surface area contributed by atoms with E-state index in [0.717, 1.165) is 12.8 Å². The van der Waals surface area contributed by atoms with Gasteiger partial charge in [0.05, 0.1) is 6.61 Å². The van der Waals surface area contributed by atoms with Gasteiger partial charge >= 0.3 is 5.97 Å². The van der Waals surface area contributed by atoms with Gasteiger partial charge in [0.1, 0.15) is 0 Å². The van der Waals surface area contributed by atoms with Crippen LogP contribution in [0.25, 0.3) is 0 Å². The molecule has 2 aromatic carbocycles. The predicted molar refractivity (Wildman–Crippen MR) is 129 cm³/mol. The van der Waals surface area contributed by atoms with Crippen LogP contribution in [0.5, 0.6) is 0 Å². The summed E-state index contributed by atoms with van der Waals surface area (Å²) in [6.07, 6.45) is 2.77. The molecule has 0 atom stereocenters. The summed E-state index contributed by atoms with van der Waals surface area (Å²) in [6, 6.07) is 17.0. The molecule has 170 valence electrons. The number of hydrogen-bond donors (Lipinski definition) is 3. The highest BCUT2D eigenvalue weighted by Crippen LogP contribution is 2.13. The monoisotopic (exact) mass is 455 g/mol. The van der Waals surface area contributed by atoms with Crippen molar-refractivity contribution in [3.8, 4) is 0 Å². The molecule has 0 bridgehead atoms. The number of thiocarbonyl (C=S) groups is 1. The van der Waals surface area contributed by atoms with E-state index < -0.39 is 0 Å². The number of anilines is 2. The fourth-order valence-corrected chi connectivity index (χ4v) is 3.04. The Labute approximate surface area is 193 Å². The summed E-state index contributed by atoms with van der Waals surface area (Å²) < 4.78 is 5.21. The van der Waals surface area contributed by atoms with Gasteiger partial charge < -0.3 is 20.7 Å². The molecule has 0 heterocycles. The zero-order chi connectivity index (χ0) is 23.2. The minimum absolute atomic E-state index is 0.0652. The first kappa shape index (κ1) is 25.0. The Kier molecular flexibility index (Phi) is 10.9. The highest BCUT2D eigenvalue weighted by atomic mass is 32.1. The predicted octanol–water partition coefficient (Wildman–Crippen LogP) is 4.19. The zero-order valence-corrected chi connectivity index (χ0v) is 19.0. The van der Waals surface area contributed by atoms with Crippen molar-refractivity contribution in [2.45, 2.75) is 45.4 Å². The number of hydrogen-bond acceptors (Lipinski definition) is 5. The fourth-order valence-electron chi connectivity index (χ4n) is 2.81. The maximum Gasteiger partial charge on any atom is 0.305 e. The molecular weight excluding hydrogens is 426 g/mol. The molecule has 0 saturated carbocycles. The van der Waals surface area contributed by atoms with Crippen LogP contribution in [0, 0.1) is 0 Å². The van der Waals surface area contributed by atoms with Crippen LogP contribution in [-0.4, -0.2) is 29.5 Å². The van der Waals surface area contributed by atoms with Crippen LogP contribution in [0.4, 0.5) is 11.4 Å². The van der Waals surface area contributed by atoms with E-state index in [9.17, 15) is 14.4 Å². The topological polar surface area (TPSA) is 96.5 Å². The molecule has 7 nitrogen and oxygen atoms in total. The van der Waals surface area contributed by atoms with E-state index in [0.29, 0.717) is 30.8 Å². The van der Waals surface area contributed by atoms with Crippen LogP contribution < -0.4 is 16.0 Å². The van der Waals surface area contributed by atoms with Crippen molar-refractivity contribution in [3.05, 3.63) is 60.2 Å². The first-order valence-electron chi connectivity index (χ1n) is 10.7. The Morgan fingerprint density at radius 3 is 2.16 bits per heavy atom. The summed E-state index contributed by atoms with van der Waals surface area (Å²) in [5.41, 5.74) is 2.58. The molecule has 0 spiro atoms. The Bertz CT molecular complexity index is 901. The number of benzene rings is 2. The average Bonchev–Trinajstić information content (AvgIpc) is 2.78.